The first-order valence-electron chi connectivity index (χ1n) is 6.29. The Morgan fingerprint density at radius 2 is 0.952 bits per heavy atom. The molecule has 0 radical (unpaired) electrons. The predicted molar refractivity (Wildman–Crippen MR) is 91.9 cm³/mol. The average molecular weight is 370 g/mol. The van der Waals surface area contributed by atoms with Crippen LogP contribution in [0.2, 0.25) is 0 Å². The van der Waals surface area contributed by atoms with Gasteiger partial charge in [-0.25, -0.2) is 0 Å². The Hall–Kier alpha value is -0.897. The third kappa shape index (κ3) is 5.78. The maximum absolute atomic E-state index is 5.65. The van der Waals surface area contributed by atoms with Crippen LogP contribution in [0.4, 0.5) is 11.4 Å². The summed E-state index contributed by atoms with van der Waals surface area (Å²) in [7, 11) is 0. The minimum atomic E-state index is 0. The Kier molecular flexibility index (Phi) is 8.16. The van der Waals surface area contributed by atoms with Gasteiger partial charge in [-0.2, -0.15) is 9.79 Å². The van der Waals surface area contributed by atoms with Gasteiger partial charge in [0.15, 0.2) is 0 Å². The van der Waals surface area contributed by atoms with Gasteiger partial charge in [0.1, 0.15) is 0 Å². The van der Waals surface area contributed by atoms with Crippen molar-refractivity contribution in [2.75, 3.05) is 11.5 Å². The van der Waals surface area contributed by atoms with Crippen LogP contribution in [0.1, 0.15) is 22.3 Å². The molecule has 0 heterocycles. The first kappa shape index (κ1) is 20.1. The van der Waals surface area contributed by atoms with Gasteiger partial charge in [-0.1, -0.05) is 35.4 Å². The molecule has 0 spiro atoms. The van der Waals surface area contributed by atoms with Gasteiger partial charge in [0.05, 0.1) is 0 Å². The SMILES string of the molecule is Cc1cc(C)c(N)c([S-])c1.Cc1cc(C)c(N)c([S-])c1.[Zn+2]. The molecule has 0 aliphatic heterocycles. The van der Waals surface area contributed by atoms with E-state index in [0.29, 0.717) is 0 Å². The molecule has 0 bridgehead atoms. The number of nitrogens with two attached hydrogens (primary N) is 2. The molecule has 4 N–H and O–H groups in total. The molecule has 0 unspecified atom stereocenters. The summed E-state index contributed by atoms with van der Waals surface area (Å²) in [5.74, 6) is 0. The van der Waals surface area contributed by atoms with E-state index in [0.717, 1.165) is 32.3 Å². The number of hydrogen-bond acceptors (Lipinski definition) is 4. The molecule has 0 saturated carbocycles. The molecule has 5 heteroatoms. The van der Waals surface area contributed by atoms with E-state index < -0.39 is 0 Å². The molecule has 0 aliphatic carbocycles. The Morgan fingerprint density at radius 1 is 0.667 bits per heavy atom. The second kappa shape index (κ2) is 8.52. The topological polar surface area (TPSA) is 52.0 Å². The van der Waals surface area contributed by atoms with E-state index in [1.807, 2.05) is 52.0 Å². The van der Waals surface area contributed by atoms with Gasteiger partial charge in [0.2, 0.25) is 0 Å². The quantitative estimate of drug-likeness (QED) is 0.423. The molecule has 0 aliphatic rings. The molecule has 2 aromatic rings. The first-order valence-corrected chi connectivity index (χ1v) is 7.11. The zero-order valence-electron chi connectivity index (χ0n) is 13.0. The molecule has 0 fully saturated rings. The molecule has 2 nitrogen and oxygen atoms in total. The van der Waals surface area contributed by atoms with Crippen LogP contribution in [0.5, 0.6) is 0 Å². The van der Waals surface area contributed by atoms with E-state index in [4.69, 9.17) is 36.7 Å². The largest absolute Gasteiger partial charge is 2.00 e. The summed E-state index contributed by atoms with van der Waals surface area (Å²) in [6.45, 7) is 7.97. The molecule has 0 aromatic heterocycles. The van der Waals surface area contributed by atoms with Gasteiger partial charge in [0, 0.05) is 11.4 Å². The number of nitrogen functional groups attached to an aromatic ring is 2. The minimum Gasteiger partial charge on any atom is -0.778 e. The van der Waals surface area contributed by atoms with Crippen molar-refractivity contribution in [2.24, 2.45) is 0 Å². The normalized spacial score (nSPS) is 9.33. The van der Waals surface area contributed by atoms with Crippen LogP contribution in [-0.2, 0) is 44.7 Å². The number of benzene rings is 2. The van der Waals surface area contributed by atoms with Crippen LogP contribution in [0.3, 0.4) is 0 Å². The van der Waals surface area contributed by atoms with Crippen molar-refractivity contribution in [3.8, 4) is 0 Å². The maximum atomic E-state index is 5.65. The van der Waals surface area contributed by atoms with E-state index in [2.05, 4.69) is 0 Å². The average Bonchev–Trinajstić information content (AvgIpc) is 2.33. The maximum Gasteiger partial charge on any atom is 2.00 e. The Labute approximate surface area is 151 Å². The van der Waals surface area contributed by atoms with E-state index in [1.54, 1.807) is 0 Å². The summed E-state index contributed by atoms with van der Waals surface area (Å²) in [5, 5.41) is 0. The summed E-state index contributed by atoms with van der Waals surface area (Å²) in [5.41, 5.74) is 17.3. The third-order valence-electron chi connectivity index (χ3n) is 2.99. The van der Waals surface area contributed by atoms with Crippen molar-refractivity contribution >= 4 is 36.6 Å². The summed E-state index contributed by atoms with van der Waals surface area (Å²) < 4.78 is 0. The number of hydrogen-bond donors (Lipinski definition) is 2. The van der Waals surface area contributed by atoms with Crippen LogP contribution in [0, 0.1) is 27.7 Å². The predicted octanol–water partition coefficient (Wildman–Crippen LogP) is 3.58. The summed E-state index contributed by atoms with van der Waals surface area (Å²) in [4.78, 5) is 1.52. The smallest absolute Gasteiger partial charge is 0.778 e. The Balaban J connectivity index is 0.000000364. The second-order valence-corrected chi connectivity index (χ2v) is 5.87. The number of rotatable bonds is 0. The van der Waals surface area contributed by atoms with Crippen LogP contribution >= 0.6 is 0 Å². The van der Waals surface area contributed by atoms with Gasteiger partial charge in [-0.3, -0.25) is 0 Å². The van der Waals surface area contributed by atoms with Crippen LogP contribution in [-0.4, -0.2) is 0 Å². The molecule has 108 valence electrons. The molecule has 2 rings (SSSR count). The van der Waals surface area contributed by atoms with E-state index in [-0.39, 0.29) is 19.5 Å². The summed E-state index contributed by atoms with van der Waals surface area (Å²) >= 11 is 10.0. The fourth-order valence-electron chi connectivity index (χ4n) is 1.88. The van der Waals surface area contributed by atoms with Gasteiger partial charge in [-0.05, 0) is 38.8 Å². The van der Waals surface area contributed by atoms with Gasteiger partial charge >= 0.3 is 19.5 Å². The molecule has 0 atom stereocenters. The standard InChI is InChI=1S/2C8H11NS.Zn/c2*1-5-3-6(2)8(9)7(10)4-5;/h2*3-4,10H,9H2,1-2H3;/q;;+2/p-2. The summed E-state index contributed by atoms with van der Waals surface area (Å²) in [6.07, 6.45) is 0. The molecular formula is C16H20N2S2Zn. The van der Waals surface area contributed by atoms with E-state index in [1.165, 1.54) is 11.1 Å². The summed E-state index contributed by atoms with van der Waals surface area (Å²) in [6, 6.07) is 7.89. The van der Waals surface area contributed by atoms with Crippen molar-refractivity contribution in [2.45, 2.75) is 37.5 Å². The van der Waals surface area contributed by atoms with Crippen molar-refractivity contribution in [1.82, 2.24) is 0 Å². The van der Waals surface area contributed by atoms with Crippen molar-refractivity contribution in [3.63, 3.8) is 0 Å². The second-order valence-electron chi connectivity index (χ2n) is 4.99. The third-order valence-corrected chi connectivity index (χ3v) is 3.66. The zero-order valence-corrected chi connectivity index (χ0v) is 17.6. The van der Waals surface area contributed by atoms with Gasteiger partial charge in [0.25, 0.3) is 0 Å². The Bertz CT molecular complexity index is 526. The molecule has 0 saturated heterocycles. The van der Waals surface area contributed by atoms with Crippen molar-refractivity contribution < 1.29 is 19.5 Å². The first-order chi connectivity index (χ1) is 9.22. The van der Waals surface area contributed by atoms with Gasteiger partial charge in [-0.15, -0.1) is 0 Å². The monoisotopic (exact) mass is 368 g/mol. The van der Waals surface area contributed by atoms with Crippen LogP contribution in [0.15, 0.2) is 34.1 Å². The molecule has 0 amide bonds. The number of aryl methyl sites for hydroxylation is 4. The fraction of sp³-hybridized carbons (Fsp3) is 0.250. The Morgan fingerprint density at radius 3 is 1.19 bits per heavy atom. The molecular weight excluding hydrogens is 350 g/mol. The zero-order chi connectivity index (χ0) is 15.4. The minimum absolute atomic E-state index is 0. The van der Waals surface area contributed by atoms with E-state index in [9.17, 15) is 0 Å². The molecule has 2 aromatic carbocycles. The number of anilines is 2. The van der Waals surface area contributed by atoms with E-state index >= 15 is 0 Å². The van der Waals surface area contributed by atoms with Gasteiger partial charge < -0.3 is 36.7 Å². The van der Waals surface area contributed by atoms with Crippen molar-refractivity contribution in [1.29, 1.82) is 0 Å². The molecule has 21 heavy (non-hydrogen) atoms. The van der Waals surface area contributed by atoms with Crippen LogP contribution < -0.4 is 11.5 Å². The van der Waals surface area contributed by atoms with Crippen LogP contribution in [0.25, 0.3) is 0 Å². The van der Waals surface area contributed by atoms with Crippen molar-refractivity contribution in [3.05, 3.63) is 46.5 Å². The fourth-order valence-corrected chi connectivity index (χ4v) is 2.57.